The van der Waals surface area contributed by atoms with Gasteiger partial charge in [-0.3, -0.25) is 38.6 Å². The highest BCUT2D eigenvalue weighted by atomic mass is 32.2. The number of thioether (sulfide) groups is 3. The highest BCUT2D eigenvalue weighted by Crippen LogP contribution is 2.72. The van der Waals surface area contributed by atoms with Crippen LogP contribution in [-0.2, 0) is 24.0 Å². The van der Waals surface area contributed by atoms with Crippen molar-refractivity contribution in [2.24, 2.45) is 59.2 Å². The summed E-state index contributed by atoms with van der Waals surface area (Å²) in [5.41, 5.74) is 3.26. The van der Waals surface area contributed by atoms with Crippen LogP contribution in [-0.4, -0.2) is 54.4 Å². The number of aromatic nitrogens is 1. The molecule has 15 heteroatoms. The van der Waals surface area contributed by atoms with Crippen LogP contribution in [0.4, 0.5) is 11.4 Å². The number of hydrogen-bond acceptors (Lipinski definition) is 12. The van der Waals surface area contributed by atoms with E-state index in [0.717, 1.165) is 43.7 Å². The van der Waals surface area contributed by atoms with Crippen molar-refractivity contribution < 1.29 is 34.2 Å². The number of aromatic hydroxyl groups is 2. The predicted octanol–water partition coefficient (Wildman–Crippen LogP) is 8.36. The predicted molar refractivity (Wildman–Crippen MR) is 253 cm³/mol. The molecule has 5 aliphatic heterocycles. The Balaban J connectivity index is 0.000000132. The van der Waals surface area contributed by atoms with Gasteiger partial charge in [-0.25, -0.2) is 0 Å². The van der Waals surface area contributed by atoms with Crippen LogP contribution in [0.2, 0.25) is 0 Å². The number of amides is 4. The molecule has 11 nitrogen and oxygen atoms in total. The summed E-state index contributed by atoms with van der Waals surface area (Å²) in [4.78, 5) is 87.9. The third-order valence-electron chi connectivity index (χ3n) is 16.1. The first-order valence-corrected chi connectivity index (χ1v) is 25.9. The van der Waals surface area contributed by atoms with Crippen molar-refractivity contribution in [2.75, 3.05) is 9.80 Å². The fraction of sp³-hybridized carbons (Fsp3) is 0.333. The number of rotatable bonds is 4. The number of aromatic amines is 1. The number of nitrogens with one attached hydrogen (secondary N) is 1. The number of allylic oxidation sites excluding steroid dienone is 2. The minimum Gasteiger partial charge on any atom is -0.508 e. The molecule has 6 fully saturated rings. The Morgan fingerprint density at radius 2 is 1.03 bits per heavy atom. The second-order valence-electron chi connectivity index (χ2n) is 19.0. The van der Waals surface area contributed by atoms with Crippen LogP contribution >= 0.6 is 46.6 Å². The molecule has 14 atom stereocenters. The van der Waals surface area contributed by atoms with Gasteiger partial charge in [0.25, 0.3) is 0 Å². The van der Waals surface area contributed by atoms with Gasteiger partial charge in [0.05, 0.1) is 40.1 Å². The lowest BCUT2D eigenvalue weighted by molar-refractivity contribution is -0.124. The maximum atomic E-state index is 13.6. The molecule has 0 unspecified atom stereocenters. The molecule has 1 aromatic heterocycles. The van der Waals surface area contributed by atoms with Crippen LogP contribution in [0.1, 0.15) is 47.1 Å². The van der Waals surface area contributed by atoms with Crippen molar-refractivity contribution in [3.05, 3.63) is 145 Å². The number of thiazole rings is 1. The van der Waals surface area contributed by atoms with Crippen LogP contribution in [0.5, 0.6) is 11.5 Å². The van der Waals surface area contributed by atoms with Gasteiger partial charge >= 0.3 is 4.87 Å². The maximum absolute atomic E-state index is 13.6. The summed E-state index contributed by atoms with van der Waals surface area (Å²) in [5.74, 6) is -0.476. The molecule has 4 bridgehead atoms. The molecule has 14 rings (SSSR count). The van der Waals surface area contributed by atoms with Crippen molar-refractivity contribution in [1.82, 2.24) is 4.98 Å². The summed E-state index contributed by atoms with van der Waals surface area (Å²) in [6, 6.07) is 33.0. The maximum Gasteiger partial charge on any atom is 0.305 e. The van der Waals surface area contributed by atoms with E-state index in [4.69, 9.17) is 0 Å². The fourth-order valence-electron chi connectivity index (χ4n) is 14.1. The van der Waals surface area contributed by atoms with Gasteiger partial charge < -0.3 is 15.2 Å². The third-order valence-corrected chi connectivity index (χ3v) is 21.5. The number of phenols is 2. The lowest BCUT2D eigenvalue weighted by Crippen LogP contribution is -2.42. The lowest BCUT2D eigenvalue weighted by atomic mass is 9.68. The summed E-state index contributed by atoms with van der Waals surface area (Å²) >= 11 is 6.02. The van der Waals surface area contributed by atoms with Gasteiger partial charge in [0.1, 0.15) is 11.5 Å². The molecule has 66 heavy (non-hydrogen) atoms. The van der Waals surface area contributed by atoms with E-state index in [1.165, 1.54) is 32.9 Å². The highest BCUT2D eigenvalue weighted by Gasteiger charge is 2.71. The van der Waals surface area contributed by atoms with Crippen molar-refractivity contribution in [3.8, 4) is 11.5 Å². The van der Waals surface area contributed by atoms with Gasteiger partial charge in [-0.2, -0.15) is 0 Å². The number of H-pyrrole nitrogens is 1. The smallest absolute Gasteiger partial charge is 0.305 e. The number of fused-ring (bicyclic) bond motifs is 17. The Morgan fingerprint density at radius 1 is 0.545 bits per heavy atom. The molecule has 4 amide bonds. The second-order valence-corrected chi connectivity index (χ2v) is 23.6. The number of carbonyl (C=O) groups excluding carboxylic acids is 5. The average Bonchev–Trinajstić information content (AvgIpc) is 4.20. The van der Waals surface area contributed by atoms with E-state index in [-0.39, 0.29) is 127 Å². The molecule has 332 valence electrons. The molecule has 0 radical (unpaired) electrons. The Bertz CT molecular complexity index is 3030. The molecule has 4 aromatic carbocycles. The number of hydrogen-bond donors (Lipinski definition) is 3. The molecule has 3 N–H and O–H groups in total. The average molecular weight is 952 g/mol. The molecule has 9 aliphatic rings. The highest BCUT2D eigenvalue weighted by molar-refractivity contribution is 8.18. The topological polar surface area (TPSA) is 165 Å². The lowest BCUT2D eigenvalue weighted by Gasteiger charge is -2.44. The molecule has 6 heterocycles. The minimum absolute atomic E-state index is 0.0144. The minimum atomic E-state index is -0.318. The monoisotopic (exact) mass is 951 g/mol. The van der Waals surface area contributed by atoms with E-state index in [1.807, 2.05) is 84.9 Å². The van der Waals surface area contributed by atoms with Crippen molar-refractivity contribution in [1.29, 1.82) is 0 Å². The Labute approximate surface area is 395 Å². The summed E-state index contributed by atoms with van der Waals surface area (Å²) < 4.78 is 0. The van der Waals surface area contributed by atoms with Gasteiger partial charge in [-0.05, 0) is 108 Å². The standard InChI is InChI=1S/C26H21NO4S2.C25H20N2O4S2/c28-14-8-4-5-12(9-14)19-20-15-10-16(23(20)32-17-11-18(29)33-24(17)19)22-21(15)25(30)27(26(22)31)13-6-2-1-3-7-13;28-13-8-4-5-11(9-13)16-17-14-10-15(20(17)32-22-21(16)33-25(31)26-22)19-18(14)23(29)27(24(19)30)12-6-2-1-3-7-12/h1-9,15-16,19-23,28H,10-11H2;1-9,14-20,28H,10H2,(H,26,31)/t15-,16-,19-,20-,21+,22-,23-;14-,15-,16-,17-,18+,19-,20-/m10/s1. The number of phenolic OH excluding ortho intramolecular Hbond substituents is 2. The third kappa shape index (κ3) is 5.84. The van der Waals surface area contributed by atoms with E-state index < -0.39 is 0 Å². The first kappa shape index (κ1) is 40.9. The van der Waals surface area contributed by atoms with Crippen molar-refractivity contribution in [2.45, 2.75) is 46.6 Å². The van der Waals surface area contributed by atoms with Crippen LogP contribution in [0.15, 0.2) is 129 Å². The number of para-hydroxylation sites is 2. The van der Waals surface area contributed by atoms with Crippen LogP contribution in [0, 0.1) is 59.2 Å². The first-order valence-electron chi connectivity index (χ1n) is 22.5. The largest absolute Gasteiger partial charge is 0.508 e. The van der Waals surface area contributed by atoms with Crippen molar-refractivity contribution in [3.63, 3.8) is 0 Å². The van der Waals surface area contributed by atoms with Crippen molar-refractivity contribution >= 4 is 86.7 Å². The Hall–Kier alpha value is -5.35. The second kappa shape index (κ2) is 15.1. The fourth-order valence-corrected chi connectivity index (χ4v) is 20.1. The molecule has 5 aromatic rings. The number of imide groups is 2. The quantitative estimate of drug-likeness (QED) is 0.148. The molecule has 0 spiro atoms. The van der Waals surface area contributed by atoms with Gasteiger partial charge in [-0.15, -0.1) is 23.5 Å². The summed E-state index contributed by atoms with van der Waals surface area (Å²) in [6.07, 6.45) is 2.18. The van der Waals surface area contributed by atoms with Crippen LogP contribution in [0.25, 0.3) is 0 Å². The number of nitrogens with zero attached hydrogens (tertiary/aromatic N) is 2. The van der Waals surface area contributed by atoms with Gasteiger partial charge in [-0.1, -0.05) is 83.8 Å². The normalized spacial score (nSPS) is 35.1. The van der Waals surface area contributed by atoms with Gasteiger partial charge in [0.2, 0.25) is 23.6 Å². The number of carbonyl (C=O) groups is 5. The van der Waals surface area contributed by atoms with E-state index in [0.29, 0.717) is 17.8 Å². The van der Waals surface area contributed by atoms with Gasteiger partial charge in [0.15, 0.2) is 5.12 Å². The van der Waals surface area contributed by atoms with Crippen LogP contribution < -0.4 is 14.7 Å². The summed E-state index contributed by atoms with van der Waals surface area (Å²) in [6.45, 7) is 0. The van der Waals surface area contributed by atoms with Gasteiger partial charge in [0, 0.05) is 43.4 Å². The molecule has 4 aliphatic carbocycles. The van der Waals surface area contributed by atoms with E-state index in [2.05, 4.69) is 4.98 Å². The molecule has 2 saturated heterocycles. The number of benzene rings is 4. The zero-order valence-electron chi connectivity index (χ0n) is 35.0. The van der Waals surface area contributed by atoms with E-state index in [1.54, 1.807) is 47.8 Å². The summed E-state index contributed by atoms with van der Waals surface area (Å²) in [5, 5.41) is 21.8. The van der Waals surface area contributed by atoms with E-state index >= 15 is 0 Å². The van der Waals surface area contributed by atoms with Crippen LogP contribution in [0.3, 0.4) is 0 Å². The zero-order valence-corrected chi connectivity index (χ0v) is 38.2. The van der Waals surface area contributed by atoms with E-state index in [9.17, 15) is 39.0 Å². The Kier molecular flexibility index (Phi) is 9.34. The molecular weight excluding hydrogens is 911 g/mol. The summed E-state index contributed by atoms with van der Waals surface area (Å²) in [7, 11) is 0. The Morgan fingerprint density at radius 3 is 1.56 bits per heavy atom. The number of anilines is 2. The first-order chi connectivity index (χ1) is 32.0. The zero-order chi connectivity index (χ0) is 44.9. The SMILES string of the molecule is O=C1CC2=C(S1)[C@H](c1cccc(O)c1)[C@H]1[C@H]3C[C@@H]([C@H]1S2)[C@H]1C(=O)N(c2ccccc2)C(=O)[C@@H]31.O=C1[C@@H]2[C@H]3C[C@H]([C@@H]4Sc5[nH]c(=O)sc5[C@@H](c5cccc(O)c5)[C@H]34)[C@@H]2C(=O)N1c1ccccc1. The molecular formula is C51H41N3O8S4. The molecule has 4 saturated carbocycles.